The standard InChI is InChI=1S/C15H16N4O2/c1-9(2)19-14(5-6-17-19)18-15(20)13-8-10-7-11(16)3-4-12(10)21-13/h3-9H,16H2,1-2H3,(H,18,20). The molecule has 6 heteroatoms. The Balaban J connectivity index is 1.88. The van der Waals surface area contributed by atoms with E-state index in [9.17, 15) is 4.79 Å². The van der Waals surface area contributed by atoms with Crippen molar-refractivity contribution in [3.8, 4) is 0 Å². The fraction of sp³-hybridized carbons (Fsp3) is 0.200. The molecule has 2 heterocycles. The average molecular weight is 284 g/mol. The van der Waals surface area contributed by atoms with Gasteiger partial charge in [0.25, 0.3) is 5.91 Å². The van der Waals surface area contributed by atoms with Crippen molar-refractivity contribution in [2.24, 2.45) is 0 Å². The van der Waals surface area contributed by atoms with Gasteiger partial charge < -0.3 is 15.5 Å². The van der Waals surface area contributed by atoms with Gasteiger partial charge in [0.05, 0.1) is 6.20 Å². The molecule has 3 aromatic rings. The largest absolute Gasteiger partial charge is 0.451 e. The zero-order chi connectivity index (χ0) is 15.0. The van der Waals surface area contributed by atoms with E-state index in [0.29, 0.717) is 17.1 Å². The topological polar surface area (TPSA) is 86.1 Å². The molecule has 21 heavy (non-hydrogen) atoms. The van der Waals surface area contributed by atoms with Crippen molar-refractivity contribution < 1.29 is 9.21 Å². The van der Waals surface area contributed by atoms with Crippen LogP contribution in [0.15, 0.2) is 40.9 Å². The molecule has 6 nitrogen and oxygen atoms in total. The molecule has 0 bridgehead atoms. The van der Waals surface area contributed by atoms with Crippen LogP contribution in [0.25, 0.3) is 11.0 Å². The number of carbonyl (C=O) groups excluding carboxylic acids is 1. The fourth-order valence-electron chi connectivity index (χ4n) is 2.18. The summed E-state index contributed by atoms with van der Waals surface area (Å²) in [5.41, 5.74) is 6.98. The van der Waals surface area contributed by atoms with Gasteiger partial charge in [-0.05, 0) is 38.1 Å². The van der Waals surface area contributed by atoms with Gasteiger partial charge in [-0.3, -0.25) is 4.79 Å². The van der Waals surface area contributed by atoms with Crippen LogP contribution in [0.3, 0.4) is 0 Å². The Bertz CT molecular complexity index is 801. The van der Waals surface area contributed by atoms with Crippen LogP contribution in [0.2, 0.25) is 0 Å². The molecular weight excluding hydrogens is 268 g/mol. The Morgan fingerprint density at radius 2 is 2.14 bits per heavy atom. The number of carbonyl (C=O) groups is 1. The van der Waals surface area contributed by atoms with E-state index in [0.717, 1.165) is 5.39 Å². The van der Waals surface area contributed by atoms with Crippen LogP contribution in [0.1, 0.15) is 30.4 Å². The van der Waals surface area contributed by atoms with Crippen LogP contribution in [0, 0.1) is 0 Å². The third kappa shape index (κ3) is 2.47. The number of benzene rings is 1. The maximum Gasteiger partial charge on any atom is 0.292 e. The number of fused-ring (bicyclic) bond motifs is 1. The van der Waals surface area contributed by atoms with E-state index in [1.807, 2.05) is 13.8 Å². The lowest BCUT2D eigenvalue weighted by molar-refractivity contribution is 0.0997. The molecule has 3 rings (SSSR count). The number of nitrogens with zero attached hydrogens (tertiary/aromatic N) is 2. The van der Waals surface area contributed by atoms with Crippen LogP contribution >= 0.6 is 0 Å². The predicted molar refractivity (Wildman–Crippen MR) is 81.2 cm³/mol. The summed E-state index contributed by atoms with van der Waals surface area (Å²) >= 11 is 0. The molecule has 0 saturated carbocycles. The molecule has 0 fully saturated rings. The normalized spacial score (nSPS) is 11.2. The molecule has 3 N–H and O–H groups in total. The summed E-state index contributed by atoms with van der Waals surface area (Å²) in [6, 6.07) is 8.84. The van der Waals surface area contributed by atoms with E-state index in [-0.39, 0.29) is 17.7 Å². The second-order valence-corrected chi connectivity index (χ2v) is 5.12. The molecule has 1 amide bonds. The average Bonchev–Trinajstić information content (AvgIpc) is 3.04. The van der Waals surface area contributed by atoms with Gasteiger partial charge >= 0.3 is 0 Å². The van der Waals surface area contributed by atoms with Crippen LogP contribution < -0.4 is 11.1 Å². The van der Waals surface area contributed by atoms with E-state index < -0.39 is 0 Å². The molecular formula is C15H16N4O2. The lowest BCUT2D eigenvalue weighted by Gasteiger charge is -2.10. The first-order valence-electron chi connectivity index (χ1n) is 6.68. The minimum atomic E-state index is -0.313. The number of rotatable bonds is 3. The summed E-state index contributed by atoms with van der Waals surface area (Å²) in [6.45, 7) is 3.99. The Labute approximate surface area is 121 Å². The van der Waals surface area contributed by atoms with E-state index in [4.69, 9.17) is 10.2 Å². The molecule has 0 unspecified atom stereocenters. The first kappa shape index (κ1) is 13.2. The highest BCUT2D eigenvalue weighted by atomic mass is 16.3. The second kappa shape index (κ2) is 4.97. The number of aromatic nitrogens is 2. The van der Waals surface area contributed by atoms with Crippen LogP contribution in [-0.4, -0.2) is 15.7 Å². The van der Waals surface area contributed by atoms with Crippen molar-refractivity contribution in [2.45, 2.75) is 19.9 Å². The van der Waals surface area contributed by atoms with E-state index in [2.05, 4.69) is 10.4 Å². The third-order valence-corrected chi connectivity index (χ3v) is 3.17. The van der Waals surface area contributed by atoms with Crippen molar-refractivity contribution in [3.63, 3.8) is 0 Å². The summed E-state index contributed by atoms with van der Waals surface area (Å²) in [5.74, 6) is 0.564. The van der Waals surface area contributed by atoms with Gasteiger partial charge in [-0.2, -0.15) is 5.10 Å². The maximum atomic E-state index is 12.3. The van der Waals surface area contributed by atoms with Gasteiger partial charge in [0, 0.05) is 23.2 Å². The fourth-order valence-corrected chi connectivity index (χ4v) is 2.18. The van der Waals surface area contributed by atoms with E-state index >= 15 is 0 Å². The molecule has 0 atom stereocenters. The first-order valence-corrected chi connectivity index (χ1v) is 6.68. The van der Waals surface area contributed by atoms with Gasteiger partial charge in [0.15, 0.2) is 5.76 Å². The molecule has 1 aromatic carbocycles. The molecule has 0 aliphatic rings. The lowest BCUT2D eigenvalue weighted by atomic mass is 10.2. The highest BCUT2D eigenvalue weighted by Gasteiger charge is 2.15. The lowest BCUT2D eigenvalue weighted by Crippen LogP contribution is -2.16. The van der Waals surface area contributed by atoms with Gasteiger partial charge in [-0.25, -0.2) is 4.68 Å². The Hall–Kier alpha value is -2.76. The SMILES string of the molecule is CC(C)n1nccc1NC(=O)c1cc2cc(N)ccc2o1. The summed E-state index contributed by atoms with van der Waals surface area (Å²) in [5, 5.41) is 7.78. The number of anilines is 2. The number of furan rings is 1. The highest BCUT2D eigenvalue weighted by molar-refractivity contribution is 6.04. The van der Waals surface area contributed by atoms with Crippen molar-refractivity contribution >= 4 is 28.4 Å². The molecule has 2 aromatic heterocycles. The number of hydrogen-bond acceptors (Lipinski definition) is 4. The molecule has 0 radical (unpaired) electrons. The Morgan fingerprint density at radius 1 is 1.33 bits per heavy atom. The molecule has 0 spiro atoms. The van der Waals surface area contributed by atoms with Crippen LogP contribution in [0.5, 0.6) is 0 Å². The second-order valence-electron chi connectivity index (χ2n) is 5.12. The van der Waals surface area contributed by atoms with Crippen molar-refractivity contribution in [1.29, 1.82) is 0 Å². The Kier molecular flexibility index (Phi) is 3.13. The van der Waals surface area contributed by atoms with Crippen LogP contribution in [0.4, 0.5) is 11.5 Å². The number of amides is 1. The first-order chi connectivity index (χ1) is 10.0. The number of nitrogen functional groups attached to an aromatic ring is 1. The maximum absolute atomic E-state index is 12.3. The highest BCUT2D eigenvalue weighted by Crippen LogP contribution is 2.23. The Morgan fingerprint density at radius 3 is 2.90 bits per heavy atom. The van der Waals surface area contributed by atoms with Gasteiger partial charge in [0.2, 0.25) is 0 Å². The number of nitrogens with two attached hydrogens (primary N) is 1. The molecule has 0 saturated heterocycles. The third-order valence-electron chi connectivity index (χ3n) is 3.17. The van der Waals surface area contributed by atoms with Crippen LogP contribution in [-0.2, 0) is 0 Å². The van der Waals surface area contributed by atoms with Gasteiger partial charge in [0.1, 0.15) is 11.4 Å². The smallest absolute Gasteiger partial charge is 0.292 e. The van der Waals surface area contributed by atoms with E-state index in [1.165, 1.54) is 0 Å². The quantitative estimate of drug-likeness (QED) is 0.724. The number of nitrogens with one attached hydrogen (secondary N) is 1. The van der Waals surface area contributed by atoms with Crippen molar-refractivity contribution in [3.05, 3.63) is 42.3 Å². The summed E-state index contributed by atoms with van der Waals surface area (Å²) in [4.78, 5) is 12.3. The summed E-state index contributed by atoms with van der Waals surface area (Å²) in [7, 11) is 0. The minimum Gasteiger partial charge on any atom is -0.451 e. The zero-order valence-electron chi connectivity index (χ0n) is 11.8. The predicted octanol–water partition coefficient (Wildman–Crippen LogP) is 3.04. The molecule has 0 aliphatic carbocycles. The number of hydrogen-bond donors (Lipinski definition) is 2. The van der Waals surface area contributed by atoms with E-state index in [1.54, 1.807) is 41.2 Å². The van der Waals surface area contributed by atoms with Gasteiger partial charge in [-0.1, -0.05) is 0 Å². The monoisotopic (exact) mass is 284 g/mol. The minimum absolute atomic E-state index is 0.158. The van der Waals surface area contributed by atoms with Crippen molar-refractivity contribution in [2.75, 3.05) is 11.1 Å². The summed E-state index contributed by atoms with van der Waals surface area (Å²) in [6.07, 6.45) is 1.65. The summed E-state index contributed by atoms with van der Waals surface area (Å²) < 4.78 is 7.27. The molecule has 0 aliphatic heterocycles. The molecule has 108 valence electrons. The van der Waals surface area contributed by atoms with Gasteiger partial charge in [-0.15, -0.1) is 0 Å². The van der Waals surface area contributed by atoms with Crippen molar-refractivity contribution in [1.82, 2.24) is 9.78 Å². The zero-order valence-corrected chi connectivity index (χ0v) is 11.8.